The van der Waals surface area contributed by atoms with Crippen LogP contribution in [0.2, 0.25) is 0 Å². The summed E-state index contributed by atoms with van der Waals surface area (Å²) in [6.45, 7) is 6.87. The van der Waals surface area contributed by atoms with Crippen LogP contribution in [0, 0.1) is 6.92 Å². The summed E-state index contributed by atoms with van der Waals surface area (Å²) < 4.78 is 0. The fourth-order valence-corrected chi connectivity index (χ4v) is 7.89. The van der Waals surface area contributed by atoms with E-state index < -0.39 is 5.41 Å². The summed E-state index contributed by atoms with van der Waals surface area (Å²) in [4.78, 5) is 2.34. The molecule has 1 heteroatoms. The molecule has 0 spiro atoms. The van der Waals surface area contributed by atoms with E-state index in [9.17, 15) is 0 Å². The van der Waals surface area contributed by atoms with E-state index in [2.05, 4.69) is 208 Å². The molecule has 8 rings (SSSR count). The molecule has 48 heavy (non-hydrogen) atoms. The van der Waals surface area contributed by atoms with E-state index in [1.807, 2.05) is 0 Å². The number of benzene rings is 7. The molecule has 0 heterocycles. The predicted molar refractivity (Wildman–Crippen MR) is 202 cm³/mol. The summed E-state index contributed by atoms with van der Waals surface area (Å²) in [7, 11) is 0. The Morgan fingerprint density at radius 3 is 1.44 bits per heavy atom. The van der Waals surface area contributed by atoms with Gasteiger partial charge in [-0.1, -0.05) is 165 Å². The van der Waals surface area contributed by atoms with Gasteiger partial charge in [-0.3, -0.25) is 0 Å². The Bertz CT molecular complexity index is 2140. The molecule has 1 nitrogen and oxygen atoms in total. The second-order valence-corrected chi connectivity index (χ2v) is 13.5. The molecular weight excluding hydrogens is 579 g/mol. The average molecular weight is 618 g/mol. The first-order chi connectivity index (χ1) is 23.5. The van der Waals surface area contributed by atoms with Crippen LogP contribution < -0.4 is 4.90 Å². The van der Waals surface area contributed by atoms with Gasteiger partial charge < -0.3 is 4.90 Å². The van der Waals surface area contributed by atoms with Gasteiger partial charge in [0.15, 0.2) is 0 Å². The minimum Gasteiger partial charge on any atom is -0.311 e. The average Bonchev–Trinajstić information content (AvgIpc) is 3.37. The monoisotopic (exact) mass is 617 g/mol. The molecule has 1 aliphatic carbocycles. The van der Waals surface area contributed by atoms with Gasteiger partial charge in [0.05, 0.1) is 5.41 Å². The van der Waals surface area contributed by atoms with Gasteiger partial charge in [-0.05, 0) is 87.8 Å². The fraction of sp³-hybridized carbons (Fsp3) is 0.106. The Labute approximate surface area is 284 Å². The van der Waals surface area contributed by atoms with Crippen molar-refractivity contribution in [2.24, 2.45) is 0 Å². The van der Waals surface area contributed by atoms with Crippen LogP contribution in [0.3, 0.4) is 0 Å². The van der Waals surface area contributed by atoms with Gasteiger partial charge >= 0.3 is 0 Å². The maximum Gasteiger partial charge on any atom is 0.0701 e. The maximum atomic E-state index is 2.49. The number of fused-ring (bicyclic) bond motifs is 3. The Hall–Kier alpha value is -5.66. The number of anilines is 3. The zero-order chi connectivity index (χ0) is 32.7. The molecule has 0 radical (unpaired) electrons. The summed E-state index contributed by atoms with van der Waals surface area (Å²) in [5.74, 6) is 0. The third-order valence-corrected chi connectivity index (χ3v) is 10.3. The highest BCUT2D eigenvalue weighted by atomic mass is 15.1. The number of nitrogens with zero attached hydrogens (tertiary/aromatic N) is 1. The molecule has 0 saturated carbocycles. The molecule has 0 amide bonds. The number of hydrogen-bond acceptors (Lipinski definition) is 1. The van der Waals surface area contributed by atoms with Crippen LogP contribution in [-0.4, -0.2) is 0 Å². The van der Waals surface area contributed by atoms with Gasteiger partial charge in [0.1, 0.15) is 0 Å². The van der Waals surface area contributed by atoms with Crippen molar-refractivity contribution in [3.8, 4) is 11.1 Å². The Morgan fingerprint density at radius 2 is 0.833 bits per heavy atom. The minimum absolute atomic E-state index is 0.102. The van der Waals surface area contributed by atoms with E-state index in [0.29, 0.717) is 0 Å². The third kappa shape index (κ3) is 4.78. The van der Waals surface area contributed by atoms with E-state index in [4.69, 9.17) is 0 Å². The van der Waals surface area contributed by atoms with Crippen LogP contribution >= 0.6 is 0 Å². The first kappa shape index (κ1) is 29.7. The normalized spacial score (nSPS) is 13.1. The topological polar surface area (TPSA) is 3.24 Å². The lowest BCUT2D eigenvalue weighted by atomic mass is 9.64. The first-order valence-electron chi connectivity index (χ1n) is 16.9. The van der Waals surface area contributed by atoms with Gasteiger partial charge in [-0.15, -0.1) is 0 Å². The standard InChI is InChI=1S/C47H39N/c1-34-23-28-40(29-24-34)48(39-19-11-6-12-20-39)41-30-25-37(26-31-41)47(35-15-7-4-8-16-35,36-17-9-5-10-18-36)38-27-32-43-42-21-13-14-22-44(42)46(2,3)45(43)33-38/h4-33H,1-3H3. The lowest BCUT2D eigenvalue weighted by Crippen LogP contribution is -2.31. The molecule has 0 unspecified atom stereocenters. The zero-order valence-corrected chi connectivity index (χ0v) is 27.8. The van der Waals surface area contributed by atoms with E-state index in [1.165, 1.54) is 50.1 Å². The number of aryl methyl sites for hydroxylation is 1. The molecule has 0 bridgehead atoms. The molecule has 0 aromatic heterocycles. The van der Waals surface area contributed by atoms with Gasteiger partial charge in [-0.2, -0.15) is 0 Å². The molecule has 1 aliphatic rings. The van der Waals surface area contributed by atoms with E-state index in [-0.39, 0.29) is 5.41 Å². The predicted octanol–water partition coefficient (Wildman–Crippen LogP) is 12.2. The molecule has 0 fully saturated rings. The highest BCUT2D eigenvalue weighted by molar-refractivity contribution is 5.82. The molecule has 0 N–H and O–H groups in total. The molecule has 0 saturated heterocycles. The van der Waals surface area contributed by atoms with Crippen LogP contribution in [0.4, 0.5) is 17.1 Å². The number of para-hydroxylation sites is 1. The van der Waals surface area contributed by atoms with Gasteiger partial charge in [0.25, 0.3) is 0 Å². The summed E-state index contributed by atoms with van der Waals surface area (Å²) in [6.07, 6.45) is 0. The number of rotatable bonds is 7. The molecule has 232 valence electrons. The van der Waals surface area contributed by atoms with E-state index in [1.54, 1.807) is 0 Å². The summed E-state index contributed by atoms with van der Waals surface area (Å²) in [5.41, 5.74) is 14.4. The fourth-order valence-electron chi connectivity index (χ4n) is 7.89. The van der Waals surface area contributed by atoms with Gasteiger partial charge in [-0.25, -0.2) is 0 Å². The smallest absolute Gasteiger partial charge is 0.0701 e. The maximum absolute atomic E-state index is 2.49. The highest BCUT2D eigenvalue weighted by Gasteiger charge is 2.41. The van der Waals surface area contributed by atoms with Crippen LogP contribution in [-0.2, 0) is 10.8 Å². The lowest BCUT2D eigenvalue weighted by Gasteiger charge is -2.38. The molecular formula is C47H39N. The molecule has 0 aliphatic heterocycles. The summed E-state index contributed by atoms with van der Waals surface area (Å²) in [5, 5.41) is 0. The van der Waals surface area contributed by atoms with Crippen molar-refractivity contribution in [1.29, 1.82) is 0 Å². The van der Waals surface area contributed by atoms with Crippen LogP contribution in [0.25, 0.3) is 11.1 Å². The van der Waals surface area contributed by atoms with E-state index in [0.717, 1.165) is 17.1 Å². The van der Waals surface area contributed by atoms with Crippen molar-refractivity contribution in [3.05, 3.63) is 221 Å². The van der Waals surface area contributed by atoms with Crippen molar-refractivity contribution < 1.29 is 0 Å². The quantitative estimate of drug-likeness (QED) is 0.161. The van der Waals surface area contributed by atoms with Crippen molar-refractivity contribution >= 4 is 17.1 Å². The van der Waals surface area contributed by atoms with Crippen LogP contribution in [0.15, 0.2) is 182 Å². The Balaban J connectivity index is 1.36. The van der Waals surface area contributed by atoms with Gasteiger partial charge in [0, 0.05) is 22.5 Å². The largest absolute Gasteiger partial charge is 0.311 e. The zero-order valence-electron chi connectivity index (χ0n) is 27.8. The van der Waals surface area contributed by atoms with E-state index >= 15 is 0 Å². The van der Waals surface area contributed by atoms with Crippen molar-refractivity contribution in [3.63, 3.8) is 0 Å². The second kappa shape index (κ2) is 11.9. The van der Waals surface area contributed by atoms with Crippen LogP contribution in [0.1, 0.15) is 52.8 Å². The third-order valence-electron chi connectivity index (χ3n) is 10.3. The minimum atomic E-state index is -0.539. The molecule has 7 aromatic carbocycles. The molecule has 7 aromatic rings. The van der Waals surface area contributed by atoms with Crippen molar-refractivity contribution in [1.82, 2.24) is 0 Å². The van der Waals surface area contributed by atoms with Crippen molar-refractivity contribution in [2.45, 2.75) is 31.6 Å². The second-order valence-electron chi connectivity index (χ2n) is 13.5. The Morgan fingerprint density at radius 1 is 0.396 bits per heavy atom. The Kier molecular flexibility index (Phi) is 7.34. The number of hydrogen-bond donors (Lipinski definition) is 0. The summed E-state index contributed by atoms with van der Waals surface area (Å²) in [6, 6.07) is 66.9. The molecule has 0 atom stereocenters. The SMILES string of the molecule is Cc1ccc(N(c2ccccc2)c2ccc(C(c3ccccc3)(c3ccccc3)c3ccc4c(c3)C(C)(C)c3ccccc3-4)cc2)cc1. The summed E-state index contributed by atoms with van der Waals surface area (Å²) >= 11 is 0. The van der Waals surface area contributed by atoms with Crippen molar-refractivity contribution in [2.75, 3.05) is 4.90 Å². The van der Waals surface area contributed by atoms with Crippen LogP contribution in [0.5, 0.6) is 0 Å². The lowest BCUT2D eigenvalue weighted by molar-refractivity contribution is 0.654. The highest BCUT2D eigenvalue weighted by Crippen LogP contribution is 2.52. The first-order valence-corrected chi connectivity index (χ1v) is 16.9. The van der Waals surface area contributed by atoms with Gasteiger partial charge in [0.2, 0.25) is 0 Å².